The van der Waals surface area contributed by atoms with Gasteiger partial charge in [-0.3, -0.25) is 13.9 Å². The number of primary amides is 1. The van der Waals surface area contributed by atoms with Crippen LogP contribution in [0.15, 0.2) is 18.2 Å². The number of amides is 2. The first-order valence-corrected chi connectivity index (χ1v) is 12.3. The van der Waals surface area contributed by atoms with Gasteiger partial charge in [-0.1, -0.05) is 0 Å². The number of hydrogen-bond acceptors (Lipinski definition) is 4. The Morgan fingerprint density at radius 1 is 1.09 bits per heavy atom. The quantitative estimate of drug-likeness (QED) is 0.556. The molecule has 2 unspecified atom stereocenters. The predicted octanol–water partition coefficient (Wildman–Crippen LogP) is 2.02. The summed E-state index contributed by atoms with van der Waals surface area (Å²) in [6.07, 6.45) is 4.94. The fraction of sp³-hybridized carbons (Fsp3) is 0.636. The van der Waals surface area contributed by atoms with Crippen molar-refractivity contribution in [2.75, 3.05) is 4.31 Å². The van der Waals surface area contributed by atoms with Gasteiger partial charge in [-0.25, -0.2) is 17.2 Å². The summed E-state index contributed by atoms with van der Waals surface area (Å²) >= 11 is 0. The molecule has 5 aliphatic carbocycles. The van der Waals surface area contributed by atoms with Gasteiger partial charge < -0.3 is 11.1 Å². The van der Waals surface area contributed by atoms with Crippen molar-refractivity contribution < 1.29 is 26.8 Å². The Morgan fingerprint density at radius 3 is 2.28 bits per heavy atom. The fourth-order valence-corrected chi connectivity index (χ4v) is 7.95. The van der Waals surface area contributed by atoms with Crippen LogP contribution in [0.3, 0.4) is 0 Å². The zero-order chi connectivity index (χ0) is 22.8. The molecule has 0 radical (unpaired) electrons. The maximum Gasteiger partial charge on any atom is 0.247 e. The van der Waals surface area contributed by atoms with E-state index >= 15 is 0 Å². The molecule has 0 heterocycles. The van der Waals surface area contributed by atoms with E-state index in [0.29, 0.717) is 25.2 Å². The molecule has 2 amide bonds. The van der Waals surface area contributed by atoms with Gasteiger partial charge in [0.05, 0.1) is 5.69 Å². The Kier molecular flexibility index (Phi) is 4.99. The number of anilines is 1. The van der Waals surface area contributed by atoms with Crippen molar-refractivity contribution in [2.45, 2.75) is 62.9 Å². The van der Waals surface area contributed by atoms with Crippen LogP contribution in [0.2, 0.25) is 0 Å². The maximum atomic E-state index is 14.5. The monoisotopic (exact) mass is 467 g/mol. The van der Waals surface area contributed by atoms with Gasteiger partial charge in [0, 0.05) is 17.5 Å². The Hall–Kier alpha value is -2.23. The van der Waals surface area contributed by atoms with Crippen LogP contribution >= 0.6 is 0 Å². The summed E-state index contributed by atoms with van der Waals surface area (Å²) in [6.45, 7) is 0. The van der Waals surface area contributed by atoms with Gasteiger partial charge >= 0.3 is 0 Å². The van der Waals surface area contributed by atoms with Gasteiger partial charge in [0.1, 0.15) is 17.2 Å². The number of halogens is 2. The van der Waals surface area contributed by atoms with E-state index in [1.165, 1.54) is 0 Å². The number of benzene rings is 1. The molecular weight excluding hydrogens is 440 g/mol. The Bertz CT molecular complexity index is 1030. The summed E-state index contributed by atoms with van der Waals surface area (Å²) in [5.41, 5.74) is 3.31. The minimum Gasteiger partial charge on any atom is -0.369 e. The van der Waals surface area contributed by atoms with E-state index < -0.39 is 45.1 Å². The van der Waals surface area contributed by atoms with Crippen molar-refractivity contribution >= 4 is 28.4 Å². The normalized spacial score (nSPS) is 34.2. The van der Waals surface area contributed by atoms with Crippen LogP contribution in [0, 0.1) is 34.8 Å². The Balaban J connectivity index is 1.43. The lowest BCUT2D eigenvalue weighted by Gasteiger charge is -2.59. The third kappa shape index (κ3) is 3.13. The zero-order valence-corrected chi connectivity index (χ0v) is 18.5. The molecule has 6 rings (SSSR count). The van der Waals surface area contributed by atoms with Crippen molar-refractivity contribution in [1.82, 2.24) is 5.32 Å². The third-order valence-corrected chi connectivity index (χ3v) is 9.33. The number of nitrogens with one attached hydrogen (secondary N) is 1. The van der Waals surface area contributed by atoms with Crippen LogP contribution in [0.1, 0.15) is 51.4 Å². The van der Waals surface area contributed by atoms with E-state index in [4.69, 9.17) is 5.73 Å². The molecule has 10 heteroatoms. The molecule has 1 aromatic carbocycles. The van der Waals surface area contributed by atoms with E-state index in [2.05, 4.69) is 5.32 Å². The molecular formula is C22H27F2N3O4S. The van der Waals surface area contributed by atoms with Crippen LogP contribution in [0.5, 0.6) is 0 Å². The zero-order valence-electron chi connectivity index (χ0n) is 17.6. The smallest absolute Gasteiger partial charge is 0.247 e. The summed E-state index contributed by atoms with van der Waals surface area (Å²) in [5, 5.41) is 3.08. The molecule has 32 heavy (non-hydrogen) atoms. The van der Waals surface area contributed by atoms with E-state index in [1.807, 2.05) is 0 Å². The molecule has 0 aliphatic heterocycles. The Labute approximate surface area is 186 Å². The SMILES string of the molecule is NC(=O)C12CC3CC(C1)C(NC(=O)C1(N(c4cc(F)ccc4F)[SH](=O)=O)CCC1)C(C3)C2. The van der Waals surface area contributed by atoms with Crippen molar-refractivity contribution in [3.05, 3.63) is 29.8 Å². The molecule has 4 bridgehead atoms. The lowest BCUT2D eigenvalue weighted by molar-refractivity contribution is -0.148. The van der Waals surface area contributed by atoms with Crippen LogP contribution in [0.4, 0.5) is 14.5 Å². The van der Waals surface area contributed by atoms with E-state index in [9.17, 15) is 26.8 Å². The lowest BCUT2D eigenvalue weighted by Crippen LogP contribution is -2.68. The van der Waals surface area contributed by atoms with Gasteiger partial charge in [-0.15, -0.1) is 0 Å². The van der Waals surface area contributed by atoms with Crippen LogP contribution in [-0.4, -0.2) is 31.8 Å². The Morgan fingerprint density at radius 2 is 1.75 bits per heavy atom. The van der Waals surface area contributed by atoms with E-state index in [1.54, 1.807) is 0 Å². The number of carbonyl (C=O) groups excluding carboxylic acids is 2. The van der Waals surface area contributed by atoms with Crippen LogP contribution in [-0.2, 0) is 20.5 Å². The van der Waals surface area contributed by atoms with Crippen molar-refractivity contribution in [3.63, 3.8) is 0 Å². The summed E-state index contributed by atoms with van der Waals surface area (Å²) < 4.78 is 53.5. The standard InChI is InChI=1S/C22H27F2N3O4S/c23-15-2-3-16(24)17(8-15)27(32(30)31)22(4-1-5-22)20(29)26-18-13-6-12-7-14(18)11-21(9-12,10-13)19(25)28/h2-3,8,12-14,18,32H,1,4-7,9-11H2,(H2,25,28)(H,26,29). The predicted molar refractivity (Wildman–Crippen MR) is 113 cm³/mol. The highest BCUT2D eigenvalue weighted by atomic mass is 32.2. The highest BCUT2D eigenvalue weighted by Gasteiger charge is 2.59. The minimum atomic E-state index is -3.39. The molecule has 174 valence electrons. The molecule has 0 saturated heterocycles. The molecule has 7 nitrogen and oxygen atoms in total. The molecule has 1 aromatic rings. The molecule has 5 aliphatic rings. The molecule has 3 N–H and O–H groups in total. The van der Waals surface area contributed by atoms with E-state index in [0.717, 1.165) is 41.8 Å². The number of rotatable bonds is 6. The van der Waals surface area contributed by atoms with Gasteiger partial charge in [0.2, 0.25) is 22.7 Å². The number of carbonyl (C=O) groups is 2. The van der Waals surface area contributed by atoms with Gasteiger partial charge in [0.25, 0.3) is 0 Å². The number of nitrogens with two attached hydrogens (primary N) is 1. The summed E-state index contributed by atoms with van der Waals surface area (Å²) in [5.74, 6) is -1.80. The molecule has 5 saturated carbocycles. The molecule has 5 fully saturated rings. The topological polar surface area (TPSA) is 110 Å². The first-order valence-electron chi connectivity index (χ1n) is 11.2. The minimum absolute atomic E-state index is 0.107. The van der Waals surface area contributed by atoms with Crippen molar-refractivity contribution in [2.24, 2.45) is 28.9 Å². The lowest BCUT2D eigenvalue weighted by atomic mass is 9.47. The van der Waals surface area contributed by atoms with Crippen LogP contribution < -0.4 is 15.4 Å². The molecule has 0 aromatic heterocycles. The molecule has 2 atom stereocenters. The summed E-state index contributed by atoms with van der Waals surface area (Å²) in [6, 6.07) is 2.41. The molecule has 0 spiro atoms. The second-order valence-corrected chi connectivity index (χ2v) is 11.0. The second kappa shape index (κ2) is 7.40. The third-order valence-electron chi connectivity index (χ3n) is 8.40. The highest BCUT2D eigenvalue weighted by Crippen LogP contribution is 2.60. The summed E-state index contributed by atoms with van der Waals surface area (Å²) in [4.78, 5) is 25.7. The second-order valence-electron chi connectivity index (χ2n) is 10.1. The van der Waals surface area contributed by atoms with E-state index in [-0.39, 0.29) is 36.6 Å². The van der Waals surface area contributed by atoms with Gasteiger partial charge in [-0.05, 0) is 81.3 Å². The average Bonchev–Trinajstić information content (AvgIpc) is 2.68. The first-order chi connectivity index (χ1) is 15.1. The number of nitrogens with zero attached hydrogens (tertiary/aromatic N) is 1. The highest BCUT2D eigenvalue weighted by molar-refractivity contribution is 7.74. The van der Waals surface area contributed by atoms with Crippen molar-refractivity contribution in [1.29, 1.82) is 0 Å². The van der Waals surface area contributed by atoms with Gasteiger partial charge in [0.15, 0.2) is 0 Å². The average molecular weight is 468 g/mol. The van der Waals surface area contributed by atoms with Crippen LogP contribution in [0.25, 0.3) is 0 Å². The van der Waals surface area contributed by atoms with Crippen molar-refractivity contribution in [3.8, 4) is 0 Å². The fourth-order valence-electron chi connectivity index (χ4n) is 7.02. The number of thiol groups is 1. The first kappa shape index (κ1) is 21.6. The summed E-state index contributed by atoms with van der Waals surface area (Å²) in [7, 11) is -3.39. The number of hydrogen-bond donors (Lipinski definition) is 3. The maximum absolute atomic E-state index is 14.5. The van der Waals surface area contributed by atoms with Gasteiger partial charge in [-0.2, -0.15) is 0 Å². The largest absolute Gasteiger partial charge is 0.369 e.